The highest BCUT2D eigenvalue weighted by Crippen LogP contribution is 1.85. The summed E-state index contributed by atoms with van der Waals surface area (Å²) in [5, 5.41) is 0. The Labute approximate surface area is 83.6 Å². The molecule has 0 amide bonds. The monoisotopic (exact) mass is 212 g/mol. The van der Waals surface area contributed by atoms with E-state index in [1.807, 2.05) is 0 Å². The maximum absolute atomic E-state index is 3.15. The molecule has 0 fully saturated rings. The zero-order valence-electron chi connectivity index (χ0n) is 6.41. The van der Waals surface area contributed by atoms with Crippen molar-refractivity contribution in [3.05, 3.63) is 0 Å². The summed E-state index contributed by atoms with van der Waals surface area (Å²) in [5.74, 6) is 0. The molecular weight excluding hydrogens is 208 g/mol. The van der Waals surface area contributed by atoms with Gasteiger partial charge in [0, 0.05) is 0 Å². The highest BCUT2D eigenvalue weighted by Gasteiger charge is 1.87. The molecule has 0 spiro atoms. The van der Waals surface area contributed by atoms with Crippen LogP contribution in [0.25, 0.3) is 0 Å². The van der Waals surface area contributed by atoms with Crippen LogP contribution in [0.4, 0.5) is 0 Å². The topological polar surface area (TPSA) is 0 Å². The van der Waals surface area contributed by atoms with Gasteiger partial charge in [0.2, 0.25) is 19.0 Å². The molecule has 52 valence electrons. The lowest BCUT2D eigenvalue weighted by Crippen LogP contribution is -1.93. The van der Waals surface area contributed by atoms with Gasteiger partial charge in [0.15, 0.2) is 0 Å². The molecule has 4 heteroatoms. The Kier molecular flexibility index (Phi) is 5.79. The van der Waals surface area contributed by atoms with Gasteiger partial charge >= 0.3 is 0 Å². The zero-order chi connectivity index (χ0) is 8.49. The minimum Gasteiger partial charge on any atom is -0.142 e. The van der Waals surface area contributed by atoms with Crippen LogP contribution in [0.1, 0.15) is 0 Å². The highest BCUT2D eigenvalue weighted by atomic mass is 28.2. The van der Waals surface area contributed by atoms with E-state index in [-0.39, 0.29) is 0 Å². The molecule has 0 aromatic heterocycles. The van der Waals surface area contributed by atoms with Crippen molar-refractivity contribution in [3.8, 4) is 33.3 Å². The molecule has 0 N–H and O–H groups in total. The highest BCUT2D eigenvalue weighted by molar-refractivity contribution is 6.64. The van der Waals surface area contributed by atoms with Crippen LogP contribution in [0.15, 0.2) is 0 Å². The Hall–Kier alpha value is -0.452. The van der Waals surface area contributed by atoms with E-state index in [0.29, 0.717) is 19.0 Å². The molecule has 0 unspecified atom stereocenters. The maximum atomic E-state index is 3.15. The normalized spacial score (nSPS) is 16.0. The molecule has 0 nitrogen and oxygen atoms in total. The molecule has 1 aliphatic heterocycles. The van der Waals surface area contributed by atoms with Crippen LogP contribution in [0, 0.1) is 33.3 Å². The first-order valence-corrected chi connectivity index (χ1v) is 7.87. The first kappa shape index (κ1) is 9.63. The van der Waals surface area contributed by atoms with Crippen molar-refractivity contribution in [2.45, 2.75) is 12.1 Å². The molecule has 1 rings (SSSR count). The molecule has 0 atom stereocenters. The lowest BCUT2D eigenvalue weighted by atomic mass is 10.9. The van der Waals surface area contributed by atoms with Crippen LogP contribution in [-0.2, 0) is 0 Å². The third-order valence-electron chi connectivity index (χ3n) is 0.989. The van der Waals surface area contributed by atoms with E-state index >= 15 is 0 Å². The average Bonchev–Trinajstić information content (AvgIpc) is 2.05. The third kappa shape index (κ3) is 5.23. The van der Waals surface area contributed by atoms with Crippen LogP contribution >= 0.6 is 0 Å². The van der Waals surface area contributed by atoms with Crippen LogP contribution in [0.5, 0.6) is 0 Å². The van der Waals surface area contributed by atoms with Crippen molar-refractivity contribution >= 4 is 38.1 Å². The van der Waals surface area contributed by atoms with Gasteiger partial charge in [-0.2, -0.15) is 0 Å². The standard InChI is InChI=1S/C8H4Si4/c1-2-10-5-6-12-8-7-11-4-3-9-1/h1-2H2. The summed E-state index contributed by atoms with van der Waals surface area (Å²) in [5.41, 5.74) is 18.5. The van der Waals surface area contributed by atoms with Gasteiger partial charge in [-0.05, 0) is 0 Å². The number of hydrogen-bond donors (Lipinski definition) is 0. The Balaban J connectivity index is 2.43. The maximum Gasteiger partial charge on any atom is 0.248 e. The molecule has 1 aliphatic rings. The quantitative estimate of drug-likeness (QED) is 0.372. The molecule has 0 aromatic rings. The van der Waals surface area contributed by atoms with Gasteiger partial charge in [-0.25, -0.2) is 0 Å². The van der Waals surface area contributed by atoms with Crippen molar-refractivity contribution in [1.82, 2.24) is 0 Å². The van der Waals surface area contributed by atoms with Gasteiger partial charge in [0.1, 0.15) is 19.0 Å². The van der Waals surface area contributed by atoms with Crippen molar-refractivity contribution in [1.29, 1.82) is 0 Å². The molecule has 8 radical (unpaired) electrons. The molecule has 0 bridgehead atoms. The number of rotatable bonds is 0. The molecule has 0 aliphatic carbocycles. The largest absolute Gasteiger partial charge is 0.248 e. The summed E-state index contributed by atoms with van der Waals surface area (Å²) in [4.78, 5) is 0. The summed E-state index contributed by atoms with van der Waals surface area (Å²) in [6, 6.07) is 2.45. The SMILES string of the molecule is C1#C[Si]C#C[Si]CC[Si]C#C[Si]1. The van der Waals surface area contributed by atoms with Crippen LogP contribution in [0.3, 0.4) is 0 Å². The van der Waals surface area contributed by atoms with Crippen LogP contribution < -0.4 is 0 Å². The molecule has 0 saturated heterocycles. The third-order valence-corrected chi connectivity index (χ3v) is 4.84. The summed E-state index contributed by atoms with van der Waals surface area (Å²) < 4.78 is 0. The first-order valence-electron chi connectivity index (χ1n) is 3.46. The van der Waals surface area contributed by atoms with Crippen LogP contribution in [0.2, 0.25) is 12.1 Å². The van der Waals surface area contributed by atoms with Crippen LogP contribution in [-0.4, -0.2) is 38.1 Å². The minimum atomic E-state index is 0.504. The Morgan fingerprint density at radius 2 is 1.00 bits per heavy atom. The van der Waals surface area contributed by atoms with E-state index in [1.165, 1.54) is 12.1 Å². The van der Waals surface area contributed by atoms with E-state index in [2.05, 4.69) is 33.3 Å². The summed E-state index contributed by atoms with van der Waals surface area (Å²) >= 11 is 0. The Morgan fingerprint density at radius 1 is 0.583 bits per heavy atom. The van der Waals surface area contributed by atoms with E-state index in [0.717, 1.165) is 19.0 Å². The smallest absolute Gasteiger partial charge is 0.142 e. The zero-order valence-corrected chi connectivity index (χ0v) is 10.4. The second-order valence-electron chi connectivity index (χ2n) is 1.85. The molecule has 0 saturated carbocycles. The fourth-order valence-corrected chi connectivity index (χ4v) is 3.61. The molecule has 1 heterocycles. The molecule has 0 aromatic carbocycles. The molecule has 12 heavy (non-hydrogen) atoms. The average molecular weight is 212 g/mol. The van der Waals surface area contributed by atoms with Gasteiger partial charge < -0.3 is 0 Å². The van der Waals surface area contributed by atoms with E-state index < -0.39 is 0 Å². The fourth-order valence-electron chi connectivity index (χ4n) is 0.526. The predicted molar refractivity (Wildman–Crippen MR) is 56.0 cm³/mol. The Bertz CT molecular complexity index is 271. The summed E-state index contributed by atoms with van der Waals surface area (Å²) in [7, 11) is 2.60. The predicted octanol–water partition coefficient (Wildman–Crippen LogP) is -0.591. The summed E-state index contributed by atoms with van der Waals surface area (Å²) in [6.45, 7) is 0. The lowest BCUT2D eigenvalue weighted by molar-refractivity contribution is 1.44. The van der Waals surface area contributed by atoms with E-state index in [1.54, 1.807) is 0 Å². The van der Waals surface area contributed by atoms with Gasteiger partial charge in [-0.1, -0.05) is 12.1 Å². The van der Waals surface area contributed by atoms with Crippen molar-refractivity contribution < 1.29 is 0 Å². The minimum absolute atomic E-state index is 0.504. The first-order chi connectivity index (χ1) is 6.00. The van der Waals surface area contributed by atoms with Gasteiger partial charge in [-0.15, -0.1) is 33.3 Å². The summed E-state index contributed by atoms with van der Waals surface area (Å²) in [6.07, 6.45) is 0. The van der Waals surface area contributed by atoms with Gasteiger partial charge in [0.25, 0.3) is 0 Å². The second-order valence-corrected chi connectivity index (χ2v) is 5.56. The molecular formula is C8H4Si4. The van der Waals surface area contributed by atoms with E-state index in [9.17, 15) is 0 Å². The lowest BCUT2D eigenvalue weighted by Gasteiger charge is -1.85. The van der Waals surface area contributed by atoms with Gasteiger partial charge in [0.05, 0.1) is 0 Å². The van der Waals surface area contributed by atoms with Crippen molar-refractivity contribution in [3.63, 3.8) is 0 Å². The van der Waals surface area contributed by atoms with Gasteiger partial charge in [-0.3, -0.25) is 0 Å². The Morgan fingerprint density at radius 3 is 1.50 bits per heavy atom. The van der Waals surface area contributed by atoms with Crippen molar-refractivity contribution in [2.24, 2.45) is 0 Å². The number of hydrogen-bond acceptors (Lipinski definition) is 0. The fraction of sp³-hybridized carbons (Fsp3) is 0.250. The second kappa shape index (κ2) is 7.21. The van der Waals surface area contributed by atoms with E-state index in [4.69, 9.17) is 0 Å². The van der Waals surface area contributed by atoms with Crippen molar-refractivity contribution in [2.75, 3.05) is 0 Å².